The summed E-state index contributed by atoms with van der Waals surface area (Å²) in [6.07, 6.45) is 3.81. The van der Waals surface area contributed by atoms with Crippen LogP contribution < -0.4 is 5.73 Å². The smallest absolute Gasteiger partial charge is 0.0831 e. The molecule has 2 heteroatoms. The van der Waals surface area contributed by atoms with E-state index in [4.69, 9.17) is 5.73 Å². The number of nitrogen functional groups attached to an aromatic ring is 1. The van der Waals surface area contributed by atoms with Gasteiger partial charge in [0.2, 0.25) is 0 Å². The maximum atomic E-state index is 10.3. The number of rotatable bonds is 3. The van der Waals surface area contributed by atoms with Crippen LogP contribution in [0.15, 0.2) is 42.5 Å². The highest BCUT2D eigenvalue weighted by atomic mass is 16.3. The van der Waals surface area contributed by atoms with Crippen molar-refractivity contribution in [2.45, 2.75) is 31.8 Å². The van der Waals surface area contributed by atoms with Gasteiger partial charge in [-0.1, -0.05) is 30.3 Å². The van der Waals surface area contributed by atoms with Gasteiger partial charge < -0.3 is 10.8 Å². The SMILES string of the molecule is Nc1cccc(C(O)Cc2ccc3c(c2)CCC3)c1. The predicted octanol–water partition coefficient (Wildman–Crippen LogP) is 3.03. The molecule has 0 aliphatic heterocycles. The average molecular weight is 253 g/mol. The highest BCUT2D eigenvalue weighted by Gasteiger charge is 2.13. The summed E-state index contributed by atoms with van der Waals surface area (Å²) in [5.74, 6) is 0. The highest BCUT2D eigenvalue weighted by molar-refractivity contribution is 5.42. The first-order chi connectivity index (χ1) is 9.22. The number of anilines is 1. The molecular formula is C17H19NO. The van der Waals surface area contributed by atoms with Gasteiger partial charge in [0, 0.05) is 12.1 Å². The normalized spacial score (nSPS) is 15.2. The van der Waals surface area contributed by atoms with Crippen molar-refractivity contribution >= 4 is 5.69 Å². The molecule has 1 aliphatic rings. The lowest BCUT2D eigenvalue weighted by Crippen LogP contribution is -2.03. The fourth-order valence-electron chi connectivity index (χ4n) is 2.86. The zero-order valence-electron chi connectivity index (χ0n) is 11.0. The molecule has 0 fully saturated rings. The second kappa shape index (κ2) is 5.06. The van der Waals surface area contributed by atoms with E-state index in [-0.39, 0.29) is 0 Å². The van der Waals surface area contributed by atoms with Crippen LogP contribution in [0, 0.1) is 0 Å². The lowest BCUT2D eigenvalue weighted by atomic mass is 9.98. The van der Waals surface area contributed by atoms with Gasteiger partial charge >= 0.3 is 0 Å². The molecular weight excluding hydrogens is 234 g/mol. The minimum Gasteiger partial charge on any atom is -0.399 e. The number of nitrogens with two attached hydrogens (primary N) is 1. The average Bonchev–Trinajstić information content (AvgIpc) is 2.86. The van der Waals surface area contributed by atoms with Gasteiger partial charge in [0.05, 0.1) is 6.10 Å². The van der Waals surface area contributed by atoms with E-state index < -0.39 is 6.10 Å². The lowest BCUT2D eigenvalue weighted by molar-refractivity contribution is 0.178. The second-order valence-corrected chi connectivity index (χ2v) is 5.35. The Morgan fingerprint density at radius 1 is 1.05 bits per heavy atom. The predicted molar refractivity (Wildman–Crippen MR) is 78.0 cm³/mol. The summed E-state index contributed by atoms with van der Waals surface area (Å²) in [6, 6.07) is 14.1. The van der Waals surface area contributed by atoms with E-state index in [9.17, 15) is 5.11 Å². The van der Waals surface area contributed by atoms with Gasteiger partial charge in [-0.25, -0.2) is 0 Å². The summed E-state index contributed by atoms with van der Waals surface area (Å²) in [6.45, 7) is 0. The minimum absolute atomic E-state index is 0.483. The van der Waals surface area contributed by atoms with Crippen molar-refractivity contribution in [1.29, 1.82) is 0 Å². The Kier molecular flexibility index (Phi) is 3.26. The Bertz CT molecular complexity index is 592. The van der Waals surface area contributed by atoms with Crippen molar-refractivity contribution in [3.63, 3.8) is 0 Å². The first-order valence-corrected chi connectivity index (χ1v) is 6.86. The number of aryl methyl sites for hydroxylation is 2. The van der Waals surface area contributed by atoms with Crippen molar-refractivity contribution in [1.82, 2.24) is 0 Å². The van der Waals surface area contributed by atoms with E-state index in [2.05, 4.69) is 18.2 Å². The molecule has 0 spiro atoms. The molecule has 0 heterocycles. The molecule has 3 N–H and O–H groups in total. The summed E-state index contributed by atoms with van der Waals surface area (Å²) in [7, 11) is 0. The van der Waals surface area contributed by atoms with E-state index in [1.807, 2.05) is 24.3 Å². The largest absolute Gasteiger partial charge is 0.399 e. The molecule has 0 amide bonds. The van der Waals surface area contributed by atoms with Gasteiger partial charge in [0.1, 0.15) is 0 Å². The van der Waals surface area contributed by atoms with Crippen molar-refractivity contribution in [3.05, 3.63) is 64.7 Å². The van der Waals surface area contributed by atoms with Crippen LogP contribution >= 0.6 is 0 Å². The Hall–Kier alpha value is -1.80. The molecule has 3 rings (SSSR count). The van der Waals surface area contributed by atoms with Gasteiger partial charge in [-0.15, -0.1) is 0 Å². The molecule has 1 atom stereocenters. The third kappa shape index (κ3) is 2.64. The van der Waals surface area contributed by atoms with Crippen LogP contribution in [0.1, 0.15) is 34.8 Å². The quantitative estimate of drug-likeness (QED) is 0.826. The molecule has 0 bridgehead atoms. The summed E-state index contributed by atoms with van der Waals surface area (Å²) < 4.78 is 0. The highest BCUT2D eigenvalue weighted by Crippen LogP contribution is 2.26. The van der Waals surface area contributed by atoms with Crippen molar-refractivity contribution in [2.24, 2.45) is 0 Å². The van der Waals surface area contributed by atoms with Crippen molar-refractivity contribution in [2.75, 3.05) is 5.73 Å². The first kappa shape index (κ1) is 12.2. The molecule has 2 aromatic rings. The molecule has 2 nitrogen and oxygen atoms in total. The monoisotopic (exact) mass is 253 g/mol. The van der Waals surface area contributed by atoms with E-state index >= 15 is 0 Å². The molecule has 1 aliphatic carbocycles. The number of fused-ring (bicyclic) bond motifs is 1. The van der Waals surface area contributed by atoms with Crippen LogP contribution in [0.2, 0.25) is 0 Å². The molecule has 0 aromatic heterocycles. The number of benzene rings is 2. The van der Waals surface area contributed by atoms with Gasteiger partial charge in [-0.2, -0.15) is 0 Å². The van der Waals surface area contributed by atoms with Crippen LogP contribution in [0.5, 0.6) is 0 Å². The van der Waals surface area contributed by atoms with Gasteiger partial charge in [0.25, 0.3) is 0 Å². The Morgan fingerprint density at radius 3 is 2.74 bits per heavy atom. The van der Waals surface area contributed by atoms with E-state index in [1.165, 1.54) is 36.0 Å². The first-order valence-electron chi connectivity index (χ1n) is 6.86. The molecule has 98 valence electrons. The third-order valence-electron chi connectivity index (χ3n) is 3.89. The maximum absolute atomic E-state index is 10.3. The fraction of sp³-hybridized carbons (Fsp3) is 0.294. The summed E-state index contributed by atoms with van der Waals surface area (Å²) in [5, 5.41) is 10.3. The number of hydrogen-bond donors (Lipinski definition) is 2. The second-order valence-electron chi connectivity index (χ2n) is 5.35. The van der Waals surface area contributed by atoms with Gasteiger partial charge in [0.15, 0.2) is 0 Å². The molecule has 1 unspecified atom stereocenters. The zero-order valence-corrected chi connectivity index (χ0v) is 11.0. The number of aliphatic hydroxyl groups is 1. The third-order valence-corrected chi connectivity index (χ3v) is 3.89. The van der Waals surface area contributed by atoms with Gasteiger partial charge in [-0.3, -0.25) is 0 Å². The molecule has 0 radical (unpaired) electrons. The Balaban J connectivity index is 1.77. The van der Waals surface area contributed by atoms with Crippen LogP contribution in [0.4, 0.5) is 5.69 Å². The molecule has 0 saturated heterocycles. The van der Waals surface area contributed by atoms with Crippen molar-refractivity contribution in [3.8, 4) is 0 Å². The number of hydrogen-bond acceptors (Lipinski definition) is 2. The maximum Gasteiger partial charge on any atom is 0.0831 e. The summed E-state index contributed by atoms with van der Waals surface area (Å²) in [5.41, 5.74) is 11.5. The van der Waals surface area contributed by atoms with Crippen LogP contribution in [0.25, 0.3) is 0 Å². The Labute approximate surface area is 113 Å². The molecule has 2 aromatic carbocycles. The van der Waals surface area contributed by atoms with Crippen LogP contribution in [-0.2, 0) is 19.3 Å². The zero-order chi connectivity index (χ0) is 13.2. The fourth-order valence-corrected chi connectivity index (χ4v) is 2.86. The van der Waals surface area contributed by atoms with E-state index in [1.54, 1.807) is 0 Å². The van der Waals surface area contributed by atoms with Crippen LogP contribution in [-0.4, -0.2) is 5.11 Å². The summed E-state index contributed by atoms with van der Waals surface area (Å²) >= 11 is 0. The van der Waals surface area contributed by atoms with Crippen molar-refractivity contribution < 1.29 is 5.11 Å². The molecule has 19 heavy (non-hydrogen) atoms. The Morgan fingerprint density at radius 2 is 1.89 bits per heavy atom. The van der Waals surface area contributed by atoms with E-state index in [0.29, 0.717) is 12.1 Å². The van der Waals surface area contributed by atoms with Gasteiger partial charge in [-0.05, 0) is 53.6 Å². The standard InChI is InChI=1S/C17H19NO/c18-16-6-2-5-15(11-16)17(19)10-12-7-8-13-3-1-4-14(13)9-12/h2,5-9,11,17,19H,1,3-4,10,18H2. The van der Waals surface area contributed by atoms with Crippen LogP contribution in [0.3, 0.4) is 0 Å². The topological polar surface area (TPSA) is 46.2 Å². The lowest BCUT2D eigenvalue weighted by Gasteiger charge is -2.12. The van der Waals surface area contributed by atoms with E-state index in [0.717, 1.165) is 5.56 Å². The summed E-state index contributed by atoms with van der Waals surface area (Å²) in [4.78, 5) is 0. The number of aliphatic hydroxyl groups excluding tert-OH is 1. The molecule has 0 saturated carbocycles. The minimum atomic E-state index is -0.483.